The Morgan fingerprint density at radius 1 is 1.21 bits per heavy atom. The molecule has 0 heterocycles. The van der Waals surface area contributed by atoms with Crippen molar-refractivity contribution in [1.82, 2.24) is 0 Å². The number of allylic oxidation sites excluding steroid dienone is 5. The molecule has 0 unspecified atom stereocenters. The van der Waals surface area contributed by atoms with Gasteiger partial charge in [-0.25, -0.2) is 4.79 Å². The largest absolute Gasteiger partial charge is 0.481 e. The summed E-state index contributed by atoms with van der Waals surface area (Å²) in [4.78, 5) is 22.6. The van der Waals surface area contributed by atoms with E-state index in [-0.39, 0.29) is 17.3 Å². The van der Waals surface area contributed by atoms with E-state index in [0.29, 0.717) is 41.6 Å². The molecule has 34 heavy (non-hydrogen) atoms. The molecule has 0 aromatic rings. The SMILES string of the molecule is C=C1[C@H]([C@H](C)CC/C=C(\C)C(=O)O)CC[C@]2(C)[C@@H]1C=C1[C@H]2CC[C@@H](C(=C)C)[C@@]1(C)CCC(=O)O. The number of hydrogen-bond donors (Lipinski definition) is 2. The lowest BCUT2D eigenvalue weighted by Gasteiger charge is -2.52. The van der Waals surface area contributed by atoms with E-state index in [1.807, 2.05) is 6.08 Å². The summed E-state index contributed by atoms with van der Waals surface area (Å²) < 4.78 is 0. The van der Waals surface area contributed by atoms with Crippen molar-refractivity contribution in [3.8, 4) is 0 Å². The van der Waals surface area contributed by atoms with Gasteiger partial charge in [0.1, 0.15) is 0 Å². The molecule has 4 nitrogen and oxygen atoms in total. The van der Waals surface area contributed by atoms with Gasteiger partial charge in [-0.3, -0.25) is 4.79 Å². The van der Waals surface area contributed by atoms with Crippen LogP contribution in [0.25, 0.3) is 0 Å². The van der Waals surface area contributed by atoms with E-state index in [1.54, 1.807) is 6.92 Å². The van der Waals surface area contributed by atoms with Crippen LogP contribution in [0.4, 0.5) is 0 Å². The fourth-order valence-corrected chi connectivity index (χ4v) is 7.70. The second kappa shape index (κ2) is 9.87. The van der Waals surface area contributed by atoms with Gasteiger partial charge < -0.3 is 10.2 Å². The number of carbonyl (C=O) groups is 2. The van der Waals surface area contributed by atoms with Crippen LogP contribution >= 0.6 is 0 Å². The number of carboxylic acids is 2. The number of fused-ring (bicyclic) bond motifs is 3. The highest BCUT2D eigenvalue weighted by molar-refractivity contribution is 5.85. The summed E-state index contributed by atoms with van der Waals surface area (Å²) in [5.74, 6) is 0.471. The maximum atomic E-state index is 11.5. The molecule has 3 aliphatic rings. The van der Waals surface area contributed by atoms with Gasteiger partial charge in [-0.1, -0.05) is 62.8 Å². The van der Waals surface area contributed by atoms with E-state index in [9.17, 15) is 14.7 Å². The molecule has 0 aromatic carbocycles. The summed E-state index contributed by atoms with van der Waals surface area (Å²) in [5, 5.41) is 18.6. The highest BCUT2D eigenvalue weighted by Crippen LogP contribution is 2.67. The lowest BCUT2D eigenvalue weighted by atomic mass is 9.52. The zero-order valence-corrected chi connectivity index (χ0v) is 21.8. The Kier molecular flexibility index (Phi) is 7.70. The molecule has 188 valence electrons. The molecule has 2 N–H and O–H groups in total. The molecule has 2 saturated carbocycles. The minimum atomic E-state index is -0.843. The Hall–Kier alpha value is -2.10. The molecule has 2 fully saturated rings. The molecular weight excluding hydrogens is 424 g/mol. The molecule has 0 spiro atoms. The molecule has 0 bridgehead atoms. The zero-order valence-electron chi connectivity index (χ0n) is 21.8. The van der Waals surface area contributed by atoms with Gasteiger partial charge >= 0.3 is 11.9 Å². The van der Waals surface area contributed by atoms with Crippen LogP contribution in [-0.4, -0.2) is 22.2 Å². The average Bonchev–Trinajstić information content (AvgIpc) is 3.07. The normalized spacial score (nSPS) is 36.3. The van der Waals surface area contributed by atoms with Crippen LogP contribution in [0, 0.1) is 40.4 Å². The van der Waals surface area contributed by atoms with Crippen LogP contribution in [0.5, 0.6) is 0 Å². The van der Waals surface area contributed by atoms with Crippen LogP contribution in [0.1, 0.15) is 86.0 Å². The number of hydrogen-bond acceptors (Lipinski definition) is 2. The summed E-state index contributed by atoms with van der Waals surface area (Å²) in [5.41, 5.74) is 4.38. The molecule has 0 radical (unpaired) electrons. The number of rotatable bonds is 9. The molecule has 4 heteroatoms. The first kappa shape index (κ1) is 26.5. The summed E-state index contributed by atoms with van der Waals surface area (Å²) in [6, 6.07) is 0. The fourth-order valence-electron chi connectivity index (χ4n) is 7.70. The van der Waals surface area contributed by atoms with Crippen molar-refractivity contribution in [1.29, 1.82) is 0 Å². The molecule has 3 rings (SSSR count). The summed E-state index contributed by atoms with van der Waals surface area (Å²) in [6.07, 6.45) is 11.4. The fraction of sp³-hybridized carbons (Fsp3) is 0.667. The van der Waals surface area contributed by atoms with Crippen molar-refractivity contribution >= 4 is 11.9 Å². The van der Waals surface area contributed by atoms with Gasteiger partial charge in [0.05, 0.1) is 0 Å². The van der Waals surface area contributed by atoms with Gasteiger partial charge in [0.15, 0.2) is 0 Å². The first-order chi connectivity index (χ1) is 15.8. The number of aliphatic carboxylic acids is 2. The molecule has 0 amide bonds. The monoisotopic (exact) mass is 468 g/mol. The van der Waals surface area contributed by atoms with Crippen molar-refractivity contribution in [2.24, 2.45) is 40.4 Å². The van der Waals surface area contributed by atoms with E-state index in [0.717, 1.165) is 38.5 Å². The van der Waals surface area contributed by atoms with Crippen molar-refractivity contribution in [2.45, 2.75) is 86.0 Å². The van der Waals surface area contributed by atoms with E-state index in [2.05, 4.69) is 46.9 Å². The molecule has 7 atom stereocenters. The lowest BCUT2D eigenvalue weighted by Crippen LogP contribution is -2.44. The van der Waals surface area contributed by atoms with E-state index in [4.69, 9.17) is 5.11 Å². The highest BCUT2D eigenvalue weighted by Gasteiger charge is 2.58. The molecule has 0 saturated heterocycles. The van der Waals surface area contributed by atoms with Gasteiger partial charge in [0.25, 0.3) is 0 Å². The third-order valence-corrected chi connectivity index (χ3v) is 9.82. The molecule has 3 aliphatic carbocycles. The van der Waals surface area contributed by atoms with Crippen LogP contribution in [-0.2, 0) is 9.59 Å². The first-order valence-corrected chi connectivity index (χ1v) is 13.0. The maximum absolute atomic E-state index is 11.5. The van der Waals surface area contributed by atoms with Gasteiger partial charge in [-0.15, -0.1) is 0 Å². The molecule has 0 aromatic heterocycles. The predicted octanol–water partition coefficient (Wildman–Crippen LogP) is 7.44. The summed E-state index contributed by atoms with van der Waals surface area (Å²) >= 11 is 0. The smallest absolute Gasteiger partial charge is 0.330 e. The Morgan fingerprint density at radius 3 is 2.47 bits per heavy atom. The second-order valence-electron chi connectivity index (χ2n) is 11.9. The van der Waals surface area contributed by atoms with Crippen molar-refractivity contribution in [2.75, 3.05) is 0 Å². The minimum absolute atomic E-state index is 0.159. The summed E-state index contributed by atoms with van der Waals surface area (Å²) in [7, 11) is 0. The van der Waals surface area contributed by atoms with Gasteiger partial charge in [0.2, 0.25) is 0 Å². The van der Waals surface area contributed by atoms with Crippen LogP contribution < -0.4 is 0 Å². The minimum Gasteiger partial charge on any atom is -0.481 e. The first-order valence-electron chi connectivity index (χ1n) is 13.0. The van der Waals surface area contributed by atoms with E-state index >= 15 is 0 Å². The van der Waals surface area contributed by atoms with Gasteiger partial charge in [0, 0.05) is 17.9 Å². The zero-order chi connectivity index (χ0) is 25.4. The maximum Gasteiger partial charge on any atom is 0.330 e. The average molecular weight is 469 g/mol. The third-order valence-electron chi connectivity index (χ3n) is 9.82. The third kappa shape index (κ3) is 4.70. The van der Waals surface area contributed by atoms with Gasteiger partial charge in [-0.05, 0) is 93.3 Å². The Labute approximate surface area is 205 Å². The van der Waals surface area contributed by atoms with Crippen molar-refractivity contribution in [3.05, 3.63) is 47.6 Å². The molecular formula is C30H44O4. The quantitative estimate of drug-likeness (QED) is 0.272. The highest BCUT2D eigenvalue weighted by atomic mass is 16.4. The van der Waals surface area contributed by atoms with E-state index < -0.39 is 11.9 Å². The van der Waals surface area contributed by atoms with Crippen LogP contribution in [0.3, 0.4) is 0 Å². The van der Waals surface area contributed by atoms with E-state index in [1.165, 1.54) is 16.7 Å². The lowest BCUT2D eigenvalue weighted by molar-refractivity contribution is -0.138. The topological polar surface area (TPSA) is 74.6 Å². The van der Waals surface area contributed by atoms with Crippen LogP contribution in [0.15, 0.2) is 47.6 Å². The van der Waals surface area contributed by atoms with Gasteiger partial charge in [-0.2, -0.15) is 0 Å². The number of carboxylic acid groups (broad SMARTS) is 2. The summed E-state index contributed by atoms with van der Waals surface area (Å²) in [6.45, 7) is 19.7. The Bertz CT molecular complexity index is 924. The standard InChI is InChI=1S/C30H44O4/c1-18(2)23-11-12-24-26(29(23,6)16-14-27(31)32)17-25-21(5)22(13-15-30(24,25)7)19(3)9-8-10-20(4)28(33)34/h10,17,19,22-25H,1,5,8-9,11-16H2,2-4,6-7H3,(H,31,32)(H,33,34)/b20-10+/t19-,22+,23+,24-,25-,29-,30+/m1/s1. The predicted molar refractivity (Wildman–Crippen MR) is 137 cm³/mol. The van der Waals surface area contributed by atoms with Crippen molar-refractivity contribution < 1.29 is 19.8 Å². The van der Waals surface area contributed by atoms with Crippen molar-refractivity contribution in [3.63, 3.8) is 0 Å². The Balaban J connectivity index is 1.85. The second-order valence-corrected chi connectivity index (χ2v) is 11.9. The van der Waals surface area contributed by atoms with Crippen LogP contribution in [0.2, 0.25) is 0 Å². The Morgan fingerprint density at radius 2 is 1.88 bits per heavy atom. The molecule has 0 aliphatic heterocycles.